The molecule has 2 heterocycles. The number of carbonyl (C=O) groups is 1. The number of likely N-dealkylation sites (N-methyl/N-ethyl adjacent to an activating group) is 1. The van der Waals surface area contributed by atoms with Gasteiger partial charge in [0.25, 0.3) is 0 Å². The summed E-state index contributed by atoms with van der Waals surface area (Å²) in [4.78, 5) is 14.5. The predicted molar refractivity (Wildman–Crippen MR) is 118 cm³/mol. The van der Waals surface area contributed by atoms with Crippen molar-refractivity contribution in [2.75, 3.05) is 20.3 Å². The largest absolute Gasteiger partial charge is 0.448 e. The number of nitrogens with zero attached hydrogens (tertiary/aromatic N) is 1. The quantitative estimate of drug-likeness (QED) is 0.715. The lowest BCUT2D eigenvalue weighted by Crippen LogP contribution is -2.53. The molecule has 33 heavy (non-hydrogen) atoms. The van der Waals surface area contributed by atoms with Crippen LogP contribution < -0.4 is 0 Å². The summed E-state index contributed by atoms with van der Waals surface area (Å²) < 4.78 is 23.3. The minimum atomic E-state index is -1.19. The summed E-state index contributed by atoms with van der Waals surface area (Å²) in [6, 6.07) is 15.6. The van der Waals surface area contributed by atoms with Crippen LogP contribution in [0.2, 0.25) is 0 Å². The normalized spacial score (nSPS) is 28.2. The molecule has 0 unspecified atom stereocenters. The molecule has 2 aliphatic heterocycles. The van der Waals surface area contributed by atoms with Crippen LogP contribution in [0.15, 0.2) is 48.5 Å². The minimum absolute atomic E-state index is 0.0637. The van der Waals surface area contributed by atoms with Crippen LogP contribution in [0.25, 0.3) is 11.1 Å². The summed E-state index contributed by atoms with van der Waals surface area (Å²) in [5.41, 5.74) is 4.56. The smallest absolute Gasteiger partial charge is 0.409 e. The molecule has 8 heteroatoms. The van der Waals surface area contributed by atoms with Gasteiger partial charge in [-0.3, -0.25) is 0 Å². The van der Waals surface area contributed by atoms with Gasteiger partial charge in [0, 0.05) is 13.0 Å². The highest BCUT2D eigenvalue weighted by Gasteiger charge is 2.58. The molecule has 0 saturated carbocycles. The van der Waals surface area contributed by atoms with Gasteiger partial charge in [-0.25, -0.2) is 4.79 Å². The second-order valence-electron chi connectivity index (χ2n) is 9.22. The molecule has 0 radical (unpaired) electrons. The van der Waals surface area contributed by atoms with Crippen molar-refractivity contribution in [1.29, 1.82) is 0 Å². The molecule has 5 rings (SSSR count). The van der Waals surface area contributed by atoms with Gasteiger partial charge in [-0.05, 0) is 36.1 Å². The van der Waals surface area contributed by atoms with Gasteiger partial charge in [-0.2, -0.15) is 0 Å². The fraction of sp³-hybridized carbons (Fsp3) is 0.480. The zero-order valence-corrected chi connectivity index (χ0v) is 18.9. The Morgan fingerprint density at radius 1 is 1.09 bits per heavy atom. The lowest BCUT2D eigenvalue weighted by molar-refractivity contribution is -0.221. The molecule has 1 aliphatic carbocycles. The van der Waals surface area contributed by atoms with Crippen LogP contribution in [-0.2, 0) is 18.9 Å². The van der Waals surface area contributed by atoms with E-state index in [-0.39, 0.29) is 12.5 Å². The van der Waals surface area contributed by atoms with E-state index < -0.39 is 49.1 Å². The molecule has 5 atom stereocenters. The van der Waals surface area contributed by atoms with Crippen LogP contribution in [0.3, 0.4) is 0 Å². The third-order valence-electron chi connectivity index (χ3n) is 6.69. The molecule has 0 spiro atoms. The first-order valence-electron chi connectivity index (χ1n) is 11.2. The lowest BCUT2D eigenvalue weighted by Gasteiger charge is -2.33. The maximum absolute atomic E-state index is 13.1. The number of fused-ring (bicyclic) bond motifs is 4. The number of aliphatic hydroxyl groups excluding tert-OH is 2. The topological polar surface area (TPSA) is 97.7 Å². The Morgan fingerprint density at radius 2 is 1.70 bits per heavy atom. The second-order valence-corrected chi connectivity index (χ2v) is 9.22. The van der Waals surface area contributed by atoms with Gasteiger partial charge in [0.2, 0.25) is 0 Å². The number of amides is 1. The molecule has 2 aromatic carbocycles. The van der Waals surface area contributed by atoms with Gasteiger partial charge in [-0.15, -0.1) is 0 Å². The van der Waals surface area contributed by atoms with Crippen molar-refractivity contribution < 1.29 is 34.0 Å². The van der Waals surface area contributed by atoms with E-state index >= 15 is 0 Å². The highest BCUT2D eigenvalue weighted by Crippen LogP contribution is 2.45. The van der Waals surface area contributed by atoms with Crippen molar-refractivity contribution >= 4 is 6.09 Å². The molecule has 3 aliphatic rings. The van der Waals surface area contributed by atoms with Crippen molar-refractivity contribution in [2.45, 2.75) is 56.2 Å². The number of hydrogen-bond donors (Lipinski definition) is 2. The predicted octanol–water partition coefficient (Wildman–Crippen LogP) is 2.47. The van der Waals surface area contributed by atoms with Crippen LogP contribution in [0.4, 0.5) is 4.79 Å². The Bertz CT molecular complexity index is 995. The van der Waals surface area contributed by atoms with Crippen molar-refractivity contribution in [3.63, 3.8) is 0 Å². The Morgan fingerprint density at radius 3 is 2.30 bits per heavy atom. The summed E-state index contributed by atoms with van der Waals surface area (Å²) in [7, 11) is 1.58. The number of benzene rings is 2. The number of hydrogen-bond acceptors (Lipinski definition) is 7. The first-order valence-corrected chi connectivity index (χ1v) is 11.2. The molecule has 0 bridgehead atoms. The number of aliphatic hydroxyl groups is 2. The summed E-state index contributed by atoms with van der Waals surface area (Å²) >= 11 is 0. The fourth-order valence-corrected chi connectivity index (χ4v) is 5.20. The van der Waals surface area contributed by atoms with Crippen LogP contribution in [-0.4, -0.2) is 77.9 Å². The standard InChI is InChI=1S/C25H29NO7/c1-25(2)32-22-20(21(19(28)12-27)31-23(22)33-25)26(3)24(29)30-13-18-16-10-6-4-8-14(16)15-9-5-7-11-17(15)18/h4-11,18-23,27-28H,12-13H2,1-3H3/t19-,20+,21-,22-,23-/m1/s1. The van der Waals surface area contributed by atoms with E-state index in [9.17, 15) is 15.0 Å². The van der Waals surface area contributed by atoms with E-state index in [1.54, 1.807) is 20.9 Å². The molecular formula is C25H29NO7. The van der Waals surface area contributed by atoms with E-state index in [0.29, 0.717) is 0 Å². The molecule has 176 valence electrons. The Labute approximate surface area is 192 Å². The first kappa shape index (κ1) is 22.3. The van der Waals surface area contributed by atoms with Crippen LogP contribution >= 0.6 is 0 Å². The first-order chi connectivity index (χ1) is 15.8. The summed E-state index contributed by atoms with van der Waals surface area (Å²) in [5.74, 6) is -0.948. The summed E-state index contributed by atoms with van der Waals surface area (Å²) in [6.07, 6.45) is -3.99. The highest BCUT2D eigenvalue weighted by molar-refractivity contribution is 5.79. The van der Waals surface area contributed by atoms with Crippen LogP contribution in [0.5, 0.6) is 0 Å². The number of carbonyl (C=O) groups excluding carboxylic acids is 1. The second kappa shape index (κ2) is 8.38. The SMILES string of the molecule is CN(C(=O)OCC1c2ccccc2-c2ccccc21)[C@@H]1[C@H]2OC(C)(C)O[C@H]2O[C@@H]1[C@H](O)CO. The molecule has 0 aromatic heterocycles. The van der Waals surface area contributed by atoms with E-state index in [0.717, 1.165) is 22.3 Å². The van der Waals surface area contributed by atoms with Gasteiger partial charge in [0.1, 0.15) is 24.9 Å². The molecule has 2 fully saturated rings. The lowest BCUT2D eigenvalue weighted by atomic mass is 9.98. The molecule has 2 saturated heterocycles. The molecule has 1 amide bonds. The summed E-state index contributed by atoms with van der Waals surface area (Å²) in [5, 5.41) is 19.8. The maximum Gasteiger partial charge on any atom is 0.409 e. The molecular weight excluding hydrogens is 426 g/mol. The number of ether oxygens (including phenoxy) is 4. The van der Waals surface area contributed by atoms with Crippen LogP contribution in [0.1, 0.15) is 30.9 Å². The van der Waals surface area contributed by atoms with Gasteiger partial charge < -0.3 is 34.1 Å². The van der Waals surface area contributed by atoms with Crippen molar-refractivity contribution in [1.82, 2.24) is 4.90 Å². The fourth-order valence-electron chi connectivity index (χ4n) is 5.20. The zero-order valence-electron chi connectivity index (χ0n) is 18.9. The van der Waals surface area contributed by atoms with Crippen molar-refractivity contribution in [3.05, 3.63) is 59.7 Å². The van der Waals surface area contributed by atoms with Gasteiger partial charge in [0.15, 0.2) is 12.1 Å². The molecule has 2 N–H and O–H groups in total. The molecule has 8 nitrogen and oxygen atoms in total. The third kappa shape index (κ3) is 3.82. The van der Waals surface area contributed by atoms with Crippen molar-refractivity contribution in [2.24, 2.45) is 0 Å². The number of rotatable bonds is 5. The third-order valence-corrected chi connectivity index (χ3v) is 6.69. The van der Waals surface area contributed by atoms with Gasteiger partial charge >= 0.3 is 6.09 Å². The average molecular weight is 456 g/mol. The van der Waals surface area contributed by atoms with Gasteiger partial charge in [0.05, 0.1) is 12.6 Å². The zero-order chi connectivity index (χ0) is 23.3. The Hall–Kier alpha value is -2.49. The van der Waals surface area contributed by atoms with E-state index in [1.807, 2.05) is 24.3 Å². The van der Waals surface area contributed by atoms with Crippen molar-refractivity contribution in [3.8, 4) is 11.1 Å². The van der Waals surface area contributed by atoms with Gasteiger partial charge in [-0.1, -0.05) is 48.5 Å². The summed E-state index contributed by atoms with van der Waals surface area (Å²) in [6.45, 7) is 3.19. The van der Waals surface area contributed by atoms with E-state index in [2.05, 4.69) is 24.3 Å². The minimum Gasteiger partial charge on any atom is -0.448 e. The Kier molecular flexibility index (Phi) is 5.66. The average Bonchev–Trinajstić information content (AvgIpc) is 3.41. The van der Waals surface area contributed by atoms with E-state index in [4.69, 9.17) is 18.9 Å². The van der Waals surface area contributed by atoms with E-state index in [1.165, 1.54) is 4.90 Å². The highest BCUT2D eigenvalue weighted by atomic mass is 16.8. The Balaban J connectivity index is 1.33. The maximum atomic E-state index is 13.1. The van der Waals surface area contributed by atoms with Crippen LogP contribution in [0, 0.1) is 0 Å². The monoisotopic (exact) mass is 455 g/mol. The molecule has 2 aromatic rings.